The second kappa shape index (κ2) is 9.05. The van der Waals surface area contributed by atoms with Crippen molar-refractivity contribution in [3.8, 4) is 16.9 Å². The van der Waals surface area contributed by atoms with Gasteiger partial charge in [0.25, 0.3) is 5.91 Å². The van der Waals surface area contributed by atoms with E-state index in [1.54, 1.807) is 7.11 Å². The van der Waals surface area contributed by atoms with Crippen molar-refractivity contribution in [2.45, 2.75) is 39.2 Å². The minimum absolute atomic E-state index is 0.0513. The van der Waals surface area contributed by atoms with Gasteiger partial charge in [-0.05, 0) is 61.1 Å². The van der Waals surface area contributed by atoms with Crippen LogP contribution in [0.15, 0.2) is 42.5 Å². The number of methoxy groups -OCH3 is 1. The lowest BCUT2D eigenvalue weighted by atomic mass is 9.91. The van der Waals surface area contributed by atoms with Crippen molar-refractivity contribution >= 4 is 5.91 Å². The number of carbonyl (C=O) groups is 1. The molecule has 0 aromatic heterocycles. The Balaban J connectivity index is 1.91. The van der Waals surface area contributed by atoms with Crippen LogP contribution in [-0.4, -0.2) is 32.3 Å². The third-order valence-corrected chi connectivity index (χ3v) is 5.43. The SMILES string of the molecule is CCC(NC(=O)c1cc(OC)ccc1-c1ccccc1C)C1CCCOC1. The molecular formula is C23H29NO3. The molecule has 144 valence electrons. The van der Waals surface area contributed by atoms with Gasteiger partial charge in [-0.1, -0.05) is 31.2 Å². The van der Waals surface area contributed by atoms with Gasteiger partial charge in [0, 0.05) is 18.6 Å². The van der Waals surface area contributed by atoms with E-state index < -0.39 is 0 Å². The van der Waals surface area contributed by atoms with E-state index in [0.29, 0.717) is 17.2 Å². The molecule has 1 heterocycles. The van der Waals surface area contributed by atoms with E-state index in [1.807, 2.05) is 30.3 Å². The molecule has 1 aliphatic heterocycles. The molecule has 4 heteroatoms. The Bertz CT molecular complexity index is 781. The van der Waals surface area contributed by atoms with Crippen LogP contribution in [0.4, 0.5) is 0 Å². The van der Waals surface area contributed by atoms with Crippen molar-refractivity contribution in [2.75, 3.05) is 20.3 Å². The second-order valence-electron chi connectivity index (χ2n) is 7.19. The summed E-state index contributed by atoms with van der Waals surface area (Å²) in [4.78, 5) is 13.2. The van der Waals surface area contributed by atoms with Crippen LogP contribution in [0.25, 0.3) is 11.1 Å². The van der Waals surface area contributed by atoms with Crippen LogP contribution in [0.1, 0.15) is 42.1 Å². The molecule has 0 bridgehead atoms. The molecule has 0 aliphatic carbocycles. The number of nitrogens with one attached hydrogen (secondary N) is 1. The number of ether oxygens (including phenoxy) is 2. The molecule has 0 spiro atoms. The van der Waals surface area contributed by atoms with Crippen LogP contribution < -0.4 is 10.1 Å². The van der Waals surface area contributed by atoms with Crippen molar-refractivity contribution in [3.05, 3.63) is 53.6 Å². The zero-order valence-electron chi connectivity index (χ0n) is 16.5. The monoisotopic (exact) mass is 367 g/mol. The summed E-state index contributed by atoms with van der Waals surface area (Å²) in [6, 6.07) is 14.0. The summed E-state index contributed by atoms with van der Waals surface area (Å²) in [6.07, 6.45) is 3.05. The minimum Gasteiger partial charge on any atom is -0.497 e. The van der Waals surface area contributed by atoms with E-state index in [1.165, 1.54) is 0 Å². The van der Waals surface area contributed by atoms with Crippen LogP contribution in [0.5, 0.6) is 5.75 Å². The molecule has 1 aliphatic rings. The highest BCUT2D eigenvalue weighted by molar-refractivity contribution is 6.01. The lowest BCUT2D eigenvalue weighted by Gasteiger charge is -2.30. The van der Waals surface area contributed by atoms with Gasteiger partial charge in [-0.15, -0.1) is 0 Å². The maximum atomic E-state index is 13.2. The fourth-order valence-corrected chi connectivity index (χ4v) is 3.83. The number of aryl methyl sites for hydroxylation is 1. The van der Waals surface area contributed by atoms with Gasteiger partial charge in [0.05, 0.1) is 19.3 Å². The average Bonchev–Trinajstić information content (AvgIpc) is 2.72. The first kappa shape index (κ1) is 19.4. The summed E-state index contributed by atoms with van der Waals surface area (Å²) >= 11 is 0. The Hall–Kier alpha value is -2.33. The number of amides is 1. The van der Waals surface area contributed by atoms with Gasteiger partial charge < -0.3 is 14.8 Å². The fourth-order valence-electron chi connectivity index (χ4n) is 3.83. The van der Waals surface area contributed by atoms with Gasteiger partial charge in [-0.2, -0.15) is 0 Å². The van der Waals surface area contributed by atoms with Gasteiger partial charge in [0.15, 0.2) is 0 Å². The smallest absolute Gasteiger partial charge is 0.252 e. The van der Waals surface area contributed by atoms with E-state index in [-0.39, 0.29) is 11.9 Å². The van der Waals surface area contributed by atoms with Crippen LogP contribution in [0.2, 0.25) is 0 Å². The summed E-state index contributed by atoms with van der Waals surface area (Å²) in [6.45, 7) is 5.73. The maximum absolute atomic E-state index is 13.2. The third kappa shape index (κ3) is 4.51. The number of rotatable bonds is 6. The Kier molecular flexibility index (Phi) is 6.51. The van der Waals surface area contributed by atoms with Crippen molar-refractivity contribution in [1.82, 2.24) is 5.32 Å². The largest absolute Gasteiger partial charge is 0.497 e. The Morgan fingerprint density at radius 3 is 2.74 bits per heavy atom. The minimum atomic E-state index is -0.0513. The molecule has 0 saturated carbocycles. The first-order chi connectivity index (χ1) is 13.1. The summed E-state index contributed by atoms with van der Waals surface area (Å²) < 4.78 is 11.0. The Morgan fingerprint density at radius 2 is 2.07 bits per heavy atom. The standard InChI is InChI=1S/C23H29NO3/c1-4-22(17-9-7-13-27-15-17)24-23(25)21-14-18(26-3)11-12-20(21)19-10-6-5-8-16(19)2/h5-6,8,10-12,14,17,22H,4,7,9,13,15H2,1-3H3,(H,24,25). The average molecular weight is 367 g/mol. The zero-order valence-corrected chi connectivity index (χ0v) is 16.5. The van der Waals surface area contributed by atoms with Gasteiger partial charge in [-0.3, -0.25) is 4.79 Å². The first-order valence-corrected chi connectivity index (χ1v) is 9.76. The van der Waals surface area contributed by atoms with Crippen molar-refractivity contribution in [2.24, 2.45) is 5.92 Å². The molecule has 1 saturated heterocycles. The lowest BCUT2D eigenvalue weighted by Crippen LogP contribution is -2.43. The van der Waals surface area contributed by atoms with Gasteiger partial charge in [0.1, 0.15) is 5.75 Å². The predicted molar refractivity (Wildman–Crippen MR) is 108 cm³/mol. The summed E-state index contributed by atoms with van der Waals surface area (Å²) in [5.74, 6) is 1.01. The highest BCUT2D eigenvalue weighted by Crippen LogP contribution is 2.30. The summed E-state index contributed by atoms with van der Waals surface area (Å²) in [7, 11) is 1.62. The van der Waals surface area contributed by atoms with Gasteiger partial charge in [0.2, 0.25) is 0 Å². The quantitative estimate of drug-likeness (QED) is 0.811. The zero-order chi connectivity index (χ0) is 19.2. The molecule has 4 nitrogen and oxygen atoms in total. The second-order valence-corrected chi connectivity index (χ2v) is 7.19. The van der Waals surface area contributed by atoms with Crippen LogP contribution in [-0.2, 0) is 4.74 Å². The number of carbonyl (C=O) groups excluding carboxylic acids is 1. The van der Waals surface area contributed by atoms with Gasteiger partial charge in [-0.25, -0.2) is 0 Å². The molecule has 1 N–H and O–H groups in total. The molecule has 3 rings (SSSR count). The Labute approximate surface area is 161 Å². The van der Waals surface area contributed by atoms with E-state index in [9.17, 15) is 4.79 Å². The van der Waals surface area contributed by atoms with Crippen molar-refractivity contribution in [3.63, 3.8) is 0 Å². The fraction of sp³-hybridized carbons (Fsp3) is 0.435. The number of benzene rings is 2. The van der Waals surface area contributed by atoms with E-state index in [2.05, 4.69) is 31.3 Å². The first-order valence-electron chi connectivity index (χ1n) is 9.76. The number of hydrogen-bond donors (Lipinski definition) is 1. The molecule has 1 fully saturated rings. The normalized spacial score (nSPS) is 18.0. The highest BCUT2D eigenvalue weighted by atomic mass is 16.5. The highest BCUT2D eigenvalue weighted by Gasteiger charge is 2.26. The third-order valence-electron chi connectivity index (χ3n) is 5.43. The maximum Gasteiger partial charge on any atom is 0.252 e. The molecule has 2 atom stereocenters. The molecule has 1 amide bonds. The number of hydrogen-bond acceptors (Lipinski definition) is 3. The van der Waals surface area contributed by atoms with E-state index in [0.717, 1.165) is 49.2 Å². The van der Waals surface area contributed by atoms with Crippen LogP contribution >= 0.6 is 0 Å². The molecule has 2 aromatic carbocycles. The predicted octanol–water partition coefficient (Wildman–Crippen LogP) is 4.61. The molecule has 2 unspecified atom stereocenters. The van der Waals surface area contributed by atoms with Crippen LogP contribution in [0.3, 0.4) is 0 Å². The molecule has 27 heavy (non-hydrogen) atoms. The lowest BCUT2D eigenvalue weighted by molar-refractivity contribution is 0.0377. The van der Waals surface area contributed by atoms with E-state index >= 15 is 0 Å². The molecular weight excluding hydrogens is 338 g/mol. The molecule has 2 aromatic rings. The van der Waals surface area contributed by atoms with E-state index in [4.69, 9.17) is 9.47 Å². The molecule has 0 radical (unpaired) electrons. The van der Waals surface area contributed by atoms with Gasteiger partial charge >= 0.3 is 0 Å². The summed E-state index contributed by atoms with van der Waals surface area (Å²) in [5.41, 5.74) is 3.80. The summed E-state index contributed by atoms with van der Waals surface area (Å²) in [5, 5.41) is 3.26. The van der Waals surface area contributed by atoms with Crippen molar-refractivity contribution < 1.29 is 14.3 Å². The topological polar surface area (TPSA) is 47.6 Å². The van der Waals surface area contributed by atoms with Crippen LogP contribution in [0, 0.1) is 12.8 Å². The van der Waals surface area contributed by atoms with Crippen molar-refractivity contribution in [1.29, 1.82) is 0 Å². The Morgan fingerprint density at radius 1 is 1.26 bits per heavy atom.